The van der Waals surface area contributed by atoms with E-state index in [2.05, 4.69) is 33.9 Å². The lowest BCUT2D eigenvalue weighted by Gasteiger charge is -2.16. The molecule has 1 aliphatic rings. The van der Waals surface area contributed by atoms with E-state index in [-0.39, 0.29) is 0 Å². The molecule has 1 heterocycles. The second kappa shape index (κ2) is 6.31. The number of nitrogens with zero attached hydrogens (tertiary/aromatic N) is 2. The molecule has 1 aliphatic carbocycles. The summed E-state index contributed by atoms with van der Waals surface area (Å²) in [6.45, 7) is 3.08. The van der Waals surface area contributed by atoms with Gasteiger partial charge in [-0.1, -0.05) is 18.2 Å². The average molecular weight is 285 g/mol. The summed E-state index contributed by atoms with van der Waals surface area (Å²) >= 11 is 0. The summed E-state index contributed by atoms with van der Waals surface area (Å²) in [5, 5.41) is 3.59. The lowest BCUT2D eigenvalue weighted by Crippen LogP contribution is -2.28. The highest BCUT2D eigenvalue weighted by Crippen LogP contribution is 2.35. The van der Waals surface area contributed by atoms with Crippen molar-refractivity contribution < 1.29 is 4.74 Å². The van der Waals surface area contributed by atoms with Crippen LogP contribution >= 0.6 is 0 Å². The van der Waals surface area contributed by atoms with Gasteiger partial charge in [0.1, 0.15) is 5.75 Å². The van der Waals surface area contributed by atoms with Gasteiger partial charge in [0.2, 0.25) is 0 Å². The van der Waals surface area contributed by atoms with E-state index in [1.807, 2.05) is 24.7 Å². The maximum Gasteiger partial charge on any atom is 0.122 e. The van der Waals surface area contributed by atoms with Gasteiger partial charge in [0.25, 0.3) is 0 Å². The highest BCUT2D eigenvalue weighted by Gasteiger charge is 2.25. The Morgan fingerprint density at radius 3 is 2.95 bits per heavy atom. The predicted molar refractivity (Wildman–Crippen MR) is 83.5 cm³/mol. The van der Waals surface area contributed by atoms with Crippen molar-refractivity contribution in [3.05, 3.63) is 48.0 Å². The zero-order chi connectivity index (χ0) is 14.7. The molecule has 0 amide bonds. The van der Waals surface area contributed by atoms with Crippen LogP contribution in [0.4, 0.5) is 0 Å². The lowest BCUT2D eigenvalue weighted by atomic mass is 10.1. The van der Waals surface area contributed by atoms with Crippen molar-refractivity contribution in [2.75, 3.05) is 7.11 Å². The maximum atomic E-state index is 5.41. The Labute approximate surface area is 126 Å². The number of nitrogens with one attached hydrogen (secondary N) is 1. The normalized spacial score (nSPS) is 15.9. The highest BCUT2D eigenvalue weighted by molar-refractivity contribution is 5.33. The molecular formula is C17H23N3O. The number of rotatable bonds is 7. The van der Waals surface area contributed by atoms with E-state index in [4.69, 9.17) is 4.74 Å². The van der Waals surface area contributed by atoms with Crippen molar-refractivity contribution in [1.29, 1.82) is 0 Å². The summed E-state index contributed by atoms with van der Waals surface area (Å²) < 4.78 is 7.72. The number of aromatic nitrogens is 2. The molecule has 4 heteroatoms. The SMILES string of the molecule is COc1ccccc1CC(C)NCc1cncn1C1CC1. The second-order valence-corrected chi connectivity index (χ2v) is 5.82. The fourth-order valence-corrected chi connectivity index (χ4v) is 2.70. The fraction of sp³-hybridized carbons (Fsp3) is 0.471. The van der Waals surface area contributed by atoms with Crippen molar-refractivity contribution in [1.82, 2.24) is 14.9 Å². The van der Waals surface area contributed by atoms with Crippen LogP contribution in [0.15, 0.2) is 36.8 Å². The van der Waals surface area contributed by atoms with Gasteiger partial charge in [0.05, 0.1) is 19.1 Å². The van der Waals surface area contributed by atoms with Gasteiger partial charge in [0.15, 0.2) is 0 Å². The summed E-state index contributed by atoms with van der Waals surface area (Å²) in [4.78, 5) is 4.28. The van der Waals surface area contributed by atoms with E-state index in [0.717, 1.165) is 18.7 Å². The van der Waals surface area contributed by atoms with E-state index >= 15 is 0 Å². The average Bonchev–Trinajstić information content (AvgIpc) is 3.24. The van der Waals surface area contributed by atoms with Crippen LogP contribution in [0.5, 0.6) is 5.75 Å². The molecular weight excluding hydrogens is 262 g/mol. The molecule has 112 valence electrons. The molecule has 0 saturated heterocycles. The van der Waals surface area contributed by atoms with E-state index in [1.54, 1.807) is 7.11 Å². The Morgan fingerprint density at radius 1 is 1.38 bits per heavy atom. The Morgan fingerprint density at radius 2 is 2.19 bits per heavy atom. The first-order valence-corrected chi connectivity index (χ1v) is 7.64. The van der Waals surface area contributed by atoms with Gasteiger partial charge < -0.3 is 14.6 Å². The maximum absolute atomic E-state index is 5.41. The van der Waals surface area contributed by atoms with E-state index < -0.39 is 0 Å². The van der Waals surface area contributed by atoms with E-state index in [0.29, 0.717) is 12.1 Å². The third-order valence-electron chi connectivity index (χ3n) is 4.04. The van der Waals surface area contributed by atoms with Crippen LogP contribution in [0.2, 0.25) is 0 Å². The largest absolute Gasteiger partial charge is 0.496 e. The van der Waals surface area contributed by atoms with Gasteiger partial charge in [-0.15, -0.1) is 0 Å². The standard InChI is InChI=1S/C17H23N3O/c1-13(9-14-5-3-4-6-17(14)21-2)19-11-16-10-18-12-20(16)15-7-8-15/h3-6,10,12-13,15,19H,7-9,11H2,1-2H3. The Bertz CT molecular complexity index is 589. The number of hydrogen-bond donors (Lipinski definition) is 1. The van der Waals surface area contributed by atoms with Gasteiger partial charge in [-0.05, 0) is 37.8 Å². The van der Waals surface area contributed by atoms with Gasteiger partial charge in [-0.2, -0.15) is 0 Å². The van der Waals surface area contributed by atoms with Crippen molar-refractivity contribution in [3.63, 3.8) is 0 Å². The van der Waals surface area contributed by atoms with Crippen molar-refractivity contribution >= 4 is 0 Å². The van der Waals surface area contributed by atoms with Crippen LogP contribution in [0.25, 0.3) is 0 Å². The lowest BCUT2D eigenvalue weighted by molar-refractivity contribution is 0.405. The molecule has 3 rings (SSSR count). The van der Waals surface area contributed by atoms with Crippen LogP contribution in [0.1, 0.15) is 37.1 Å². The molecule has 4 nitrogen and oxygen atoms in total. The minimum Gasteiger partial charge on any atom is -0.496 e. The molecule has 1 N–H and O–H groups in total. The third kappa shape index (κ3) is 3.45. The predicted octanol–water partition coefficient (Wildman–Crippen LogP) is 2.95. The minimum absolute atomic E-state index is 0.392. The minimum atomic E-state index is 0.392. The van der Waals surface area contributed by atoms with E-state index in [9.17, 15) is 0 Å². The van der Waals surface area contributed by atoms with Crippen LogP contribution in [0, 0.1) is 0 Å². The smallest absolute Gasteiger partial charge is 0.122 e. The number of imidazole rings is 1. The number of para-hydroxylation sites is 1. The van der Waals surface area contributed by atoms with Crippen molar-refractivity contribution in [3.8, 4) is 5.75 Å². The van der Waals surface area contributed by atoms with Crippen LogP contribution in [-0.4, -0.2) is 22.7 Å². The molecule has 1 fully saturated rings. The fourth-order valence-electron chi connectivity index (χ4n) is 2.70. The Balaban J connectivity index is 1.56. The number of ether oxygens (including phenoxy) is 1. The molecule has 2 aromatic rings. The molecule has 21 heavy (non-hydrogen) atoms. The van der Waals surface area contributed by atoms with Crippen LogP contribution in [-0.2, 0) is 13.0 Å². The number of hydrogen-bond acceptors (Lipinski definition) is 3. The molecule has 0 spiro atoms. The van der Waals surface area contributed by atoms with Crippen LogP contribution in [0.3, 0.4) is 0 Å². The quantitative estimate of drug-likeness (QED) is 0.850. The summed E-state index contributed by atoms with van der Waals surface area (Å²) in [5.41, 5.74) is 2.53. The first-order valence-electron chi connectivity index (χ1n) is 7.64. The molecule has 0 radical (unpaired) electrons. The Hall–Kier alpha value is -1.81. The molecule has 1 aromatic heterocycles. The zero-order valence-corrected chi connectivity index (χ0v) is 12.7. The summed E-state index contributed by atoms with van der Waals surface area (Å²) in [5.74, 6) is 0.967. The second-order valence-electron chi connectivity index (χ2n) is 5.82. The van der Waals surface area contributed by atoms with Crippen LogP contribution < -0.4 is 10.1 Å². The molecule has 1 unspecified atom stereocenters. The molecule has 1 atom stereocenters. The highest BCUT2D eigenvalue weighted by atomic mass is 16.5. The van der Waals surface area contributed by atoms with Gasteiger partial charge in [-0.3, -0.25) is 0 Å². The number of benzene rings is 1. The van der Waals surface area contributed by atoms with Gasteiger partial charge >= 0.3 is 0 Å². The van der Waals surface area contributed by atoms with Gasteiger partial charge in [0, 0.05) is 24.8 Å². The van der Waals surface area contributed by atoms with E-state index in [1.165, 1.54) is 24.1 Å². The van der Waals surface area contributed by atoms with Crippen molar-refractivity contribution in [2.24, 2.45) is 0 Å². The van der Waals surface area contributed by atoms with Crippen molar-refractivity contribution in [2.45, 2.75) is 44.8 Å². The monoisotopic (exact) mass is 285 g/mol. The first-order chi connectivity index (χ1) is 10.3. The molecule has 0 aliphatic heterocycles. The summed E-state index contributed by atoms with van der Waals surface area (Å²) in [7, 11) is 1.73. The zero-order valence-electron chi connectivity index (χ0n) is 12.7. The first kappa shape index (κ1) is 14.1. The number of methoxy groups -OCH3 is 1. The summed E-state index contributed by atoms with van der Waals surface area (Å²) in [6.07, 6.45) is 7.47. The summed E-state index contributed by atoms with van der Waals surface area (Å²) in [6, 6.07) is 9.30. The molecule has 1 saturated carbocycles. The Kier molecular flexibility index (Phi) is 4.25. The molecule has 1 aromatic carbocycles. The molecule has 0 bridgehead atoms. The van der Waals surface area contributed by atoms with Gasteiger partial charge in [-0.25, -0.2) is 4.98 Å². The third-order valence-corrected chi connectivity index (χ3v) is 4.04. The topological polar surface area (TPSA) is 39.1 Å².